The molecule has 4 heterocycles. The number of hydrogen-bond acceptors (Lipinski definition) is 6. The Morgan fingerprint density at radius 1 is 1.19 bits per heavy atom. The van der Waals surface area contributed by atoms with Crippen molar-refractivity contribution in [2.45, 2.75) is 25.8 Å². The van der Waals surface area contributed by atoms with Crippen LogP contribution >= 0.6 is 0 Å². The highest BCUT2D eigenvalue weighted by atomic mass is 15.2. The molecule has 3 aromatic heterocycles. The maximum Gasteiger partial charge on any atom is 0.135 e. The molecule has 1 aliphatic heterocycles. The molecule has 3 aromatic rings. The van der Waals surface area contributed by atoms with Crippen molar-refractivity contribution in [3.8, 4) is 0 Å². The van der Waals surface area contributed by atoms with Crippen molar-refractivity contribution < 1.29 is 0 Å². The molecule has 1 fully saturated rings. The number of pyridine rings is 1. The molecule has 0 bridgehead atoms. The standard InChI is InChI=1S/C20H25N7/c1-26-12-17(11-24-26)14-27-8-4-5-16(13-27)9-18-10-20(23-15-22-18)25-19-6-2-3-7-21-19/h2-3,6-7,10-12,15-16H,4-5,8-9,13-14H2,1H3,(H,21,22,23,25)/t16-/m1/s1. The van der Waals surface area contributed by atoms with Gasteiger partial charge in [0.25, 0.3) is 0 Å². The van der Waals surface area contributed by atoms with Crippen LogP contribution in [0.25, 0.3) is 0 Å². The largest absolute Gasteiger partial charge is 0.325 e. The summed E-state index contributed by atoms with van der Waals surface area (Å²) in [5.74, 6) is 2.21. The number of piperidine rings is 1. The van der Waals surface area contributed by atoms with Crippen molar-refractivity contribution >= 4 is 11.6 Å². The third-order valence-corrected chi connectivity index (χ3v) is 4.91. The fourth-order valence-electron chi connectivity index (χ4n) is 3.71. The number of nitrogens with zero attached hydrogens (tertiary/aromatic N) is 6. The molecule has 1 atom stereocenters. The molecule has 0 saturated carbocycles. The highest BCUT2D eigenvalue weighted by Gasteiger charge is 2.21. The molecule has 4 rings (SSSR count). The molecule has 0 spiro atoms. The Kier molecular flexibility index (Phi) is 5.39. The molecule has 0 aliphatic carbocycles. The summed E-state index contributed by atoms with van der Waals surface area (Å²) in [5, 5.41) is 7.52. The van der Waals surface area contributed by atoms with Crippen molar-refractivity contribution in [3.63, 3.8) is 0 Å². The summed E-state index contributed by atoms with van der Waals surface area (Å²) >= 11 is 0. The summed E-state index contributed by atoms with van der Waals surface area (Å²) in [7, 11) is 1.97. The van der Waals surface area contributed by atoms with E-state index in [1.165, 1.54) is 18.4 Å². The molecular weight excluding hydrogens is 338 g/mol. The van der Waals surface area contributed by atoms with Crippen LogP contribution in [0.5, 0.6) is 0 Å². The maximum atomic E-state index is 4.48. The Bertz CT molecular complexity index is 862. The van der Waals surface area contributed by atoms with Gasteiger partial charge < -0.3 is 5.32 Å². The molecule has 0 unspecified atom stereocenters. The smallest absolute Gasteiger partial charge is 0.135 e. The van der Waals surface area contributed by atoms with Gasteiger partial charge in [-0.1, -0.05) is 6.07 Å². The van der Waals surface area contributed by atoms with E-state index in [1.54, 1.807) is 12.5 Å². The number of rotatable bonds is 6. The van der Waals surface area contributed by atoms with E-state index in [9.17, 15) is 0 Å². The first kappa shape index (κ1) is 17.6. The minimum atomic E-state index is 0.619. The molecule has 0 amide bonds. The molecule has 0 aromatic carbocycles. The lowest BCUT2D eigenvalue weighted by atomic mass is 9.93. The van der Waals surface area contributed by atoms with Crippen LogP contribution in [0.2, 0.25) is 0 Å². The molecule has 7 nitrogen and oxygen atoms in total. The van der Waals surface area contributed by atoms with Gasteiger partial charge in [0.2, 0.25) is 0 Å². The number of hydrogen-bond donors (Lipinski definition) is 1. The summed E-state index contributed by atoms with van der Waals surface area (Å²) in [4.78, 5) is 15.6. The Morgan fingerprint density at radius 3 is 2.96 bits per heavy atom. The van der Waals surface area contributed by atoms with Crippen LogP contribution in [0.4, 0.5) is 11.6 Å². The second-order valence-electron chi connectivity index (χ2n) is 7.20. The van der Waals surface area contributed by atoms with Crippen molar-refractivity contribution in [2.24, 2.45) is 13.0 Å². The van der Waals surface area contributed by atoms with E-state index in [4.69, 9.17) is 0 Å². The molecule has 7 heteroatoms. The monoisotopic (exact) mass is 363 g/mol. The van der Waals surface area contributed by atoms with Crippen molar-refractivity contribution in [3.05, 3.63) is 60.4 Å². The highest BCUT2D eigenvalue weighted by molar-refractivity contribution is 5.50. The average Bonchev–Trinajstić information content (AvgIpc) is 3.08. The lowest BCUT2D eigenvalue weighted by Gasteiger charge is -2.32. The Balaban J connectivity index is 1.36. The third-order valence-electron chi connectivity index (χ3n) is 4.91. The number of nitrogens with one attached hydrogen (secondary N) is 1. The van der Waals surface area contributed by atoms with Crippen molar-refractivity contribution in [1.29, 1.82) is 0 Å². The van der Waals surface area contributed by atoms with Crippen LogP contribution in [-0.2, 0) is 20.0 Å². The second kappa shape index (κ2) is 8.26. The fourth-order valence-corrected chi connectivity index (χ4v) is 3.71. The highest BCUT2D eigenvalue weighted by Crippen LogP contribution is 2.22. The second-order valence-corrected chi connectivity index (χ2v) is 7.20. The van der Waals surface area contributed by atoms with Crippen molar-refractivity contribution in [2.75, 3.05) is 18.4 Å². The van der Waals surface area contributed by atoms with Crippen LogP contribution in [-0.4, -0.2) is 42.7 Å². The summed E-state index contributed by atoms with van der Waals surface area (Å²) in [6.07, 6.45) is 10.9. The van der Waals surface area contributed by atoms with Crippen molar-refractivity contribution in [1.82, 2.24) is 29.6 Å². The van der Waals surface area contributed by atoms with Gasteiger partial charge in [0, 0.05) is 49.9 Å². The predicted octanol–water partition coefficient (Wildman–Crippen LogP) is 2.80. The van der Waals surface area contributed by atoms with Crippen LogP contribution in [0.3, 0.4) is 0 Å². The normalized spacial score (nSPS) is 17.7. The zero-order chi connectivity index (χ0) is 18.5. The Morgan fingerprint density at radius 2 is 2.15 bits per heavy atom. The maximum absolute atomic E-state index is 4.48. The quantitative estimate of drug-likeness (QED) is 0.726. The Labute approximate surface area is 159 Å². The summed E-state index contributed by atoms with van der Waals surface area (Å²) in [5.41, 5.74) is 2.36. The molecule has 140 valence electrons. The van der Waals surface area contributed by atoms with Crippen LogP contribution < -0.4 is 5.32 Å². The van der Waals surface area contributed by atoms with E-state index in [-0.39, 0.29) is 0 Å². The van der Waals surface area contributed by atoms with E-state index in [0.717, 1.165) is 43.4 Å². The lowest BCUT2D eigenvalue weighted by molar-refractivity contribution is 0.166. The number of anilines is 2. The van der Waals surface area contributed by atoms with E-state index < -0.39 is 0 Å². The first-order valence-electron chi connectivity index (χ1n) is 9.43. The minimum absolute atomic E-state index is 0.619. The molecule has 0 radical (unpaired) electrons. The van der Waals surface area contributed by atoms with Gasteiger partial charge in [-0.05, 0) is 43.9 Å². The molecule has 1 N–H and O–H groups in total. The number of aromatic nitrogens is 5. The zero-order valence-corrected chi connectivity index (χ0v) is 15.6. The summed E-state index contributed by atoms with van der Waals surface area (Å²) in [6.45, 7) is 3.23. The minimum Gasteiger partial charge on any atom is -0.325 e. The van der Waals surface area contributed by atoms with Crippen LogP contribution in [0, 0.1) is 5.92 Å². The topological polar surface area (TPSA) is 71.8 Å². The Hall–Kier alpha value is -2.80. The van der Waals surface area contributed by atoms with E-state index in [1.807, 2.05) is 42.2 Å². The predicted molar refractivity (Wildman–Crippen MR) is 104 cm³/mol. The van der Waals surface area contributed by atoms with Crippen LogP contribution in [0.15, 0.2) is 49.2 Å². The fraction of sp³-hybridized carbons (Fsp3) is 0.400. The molecule has 1 saturated heterocycles. The van der Waals surface area contributed by atoms with Gasteiger partial charge >= 0.3 is 0 Å². The first-order chi connectivity index (χ1) is 13.2. The third kappa shape index (κ3) is 4.89. The molecular formula is C20H25N7. The van der Waals surface area contributed by atoms with Gasteiger partial charge in [0.15, 0.2) is 0 Å². The number of aryl methyl sites for hydroxylation is 1. The van der Waals surface area contributed by atoms with Gasteiger partial charge in [-0.25, -0.2) is 15.0 Å². The SMILES string of the molecule is Cn1cc(CN2CCC[C@H](Cc3cc(Nc4ccccn4)ncn3)C2)cn1. The lowest BCUT2D eigenvalue weighted by Crippen LogP contribution is -2.35. The van der Waals surface area contributed by atoms with Gasteiger partial charge in [-0.3, -0.25) is 9.58 Å². The van der Waals surface area contributed by atoms with E-state index in [0.29, 0.717) is 5.92 Å². The van der Waals surface area contributed by atoms with Crippen LogP contribution in [0.1, 0.15) is 24.1 Å². The molecule has 27 heavy (non-hydrogen) atoms. The van der Waals surface area contributed by atoms with E-state index in [2.05, 4.69) is 36.5 Å². The number of likely N-dealkylation sites (tertiary alicyclic amines) is 1. The summed E-state index contributed by atoms with van der Waals surface area (Å²) < 4.78 is 1.87. The van der Waals surface area contributed by atoms with Gasteiger partial charge in [0.05, 0.1) is 6.20 Å². The first-order valence-corrected chi connectivity index (χ1v) is 9.43. The van der Waals surface area contributed by atoms with Gasteiger partial charge in [-0.15, -0.1) is 0 Å². The molecule has 1 aliphatic rings. The average molecular weight is 363 g/mol. The van der Waals surface area contributed by atoms with E-state index >= 15 is 0 Å². The van der Waals surface area contributed by atoms with Gasteiger partial charge in [0.1, 0.15) is 18.0 Å². The van der Waals surface area contributed by atoms with Gasteiger partial charge in [-0.2, -0.15) is 5.10 Å². The summed E-state index contributed by atoms with van der Waals surface area (Å²) in [6, 6.07) is 7.82. The zero-order valence-electron chi connectivity index (χ0n) is 15.6.